The Morgan fingerprint density at radius 2 is 2.00 bits per heavy atom. The van der Waals surface area contributed by atoms with Crippen molar-refractivity contribution in [3.8, 4) is 0 Å². The van der Waals surface area contributed by atoms with Crippen LogP contribution >= 0.6 is 11.9 Å². The summed E-state index contributed by atoms with van der Waals surface area (Å²) in [6.45, 7) is 0. The lowest BCUT2D eigenvalue weighted by atomic mass is 10.1. The summed E-state index contributed by atoms with van der Waals surface area (Å²) in [7, 11) is 0. The SMILES string of the molecule is O=C1CCC(NSc2ccc(F)cc2)C(=O)N1. The number of carbonyl (C=O) groups is 2. The molecule has 90 valence electrons. The molecule has 4 nitrogen and oxygen atoms in total. The van der Waals surface area contributed by atoms with Crippen molar-refractivity contribution in [2.45, 2.75) is 23.8 Å². The van der Waals surface area contributed by atoms with Gasteiger partial charge < -0.3 is 0 Å². The third-order valence-electron chi connectivity index (χ3n) is 2.37. The average molecular weight is 254 g/mol. The van der Waals surface area contributed by atoms with Crippen molar-refractivity contribution in [1.82, 2.24) is 10.0 Å². The van der Waals surface area contributed by atoms with E-state index in [1.54, 1.807) is 12.1 Å². The second kappa shape index (κ2) is 5.29. The Morgan fingerprint density at radius 1 is 1.29 bits per heavy atom. The first-order valence-corrected chi connectivity index (χ1v) is 5.98. The molecule has 0 bridgehead atoms. The van der Waals surface area contributed by atoms with E-state index in [2.05, 4.69) is 10.0 Å². The molecule has 0 saturated carbocycles. The highest BCUT2D eigenvalue weighted by Gasteiger charge is 2.26. The van der Waals surface area contributed by atoms with Gasteiger partial charge in [0.1, 0.15) is 5.82 Å². The molecule has 1 aromatic carbocycles. The van der Waals surface area contributed by atoms with E-state index in [0.717, 1.165) is 4.90 Å². The Bertz CT molecular complexity index is 436. The lowest BCUT2D eigenvalue weighted by Crippen LogP contribution is -2.48. The molecule has 0 spiro atoms. The predicted molar refractivity (Wildman–Crippen MR) is 61.6 cm³/mol. The zero-order chi connectivity index (χ0) is 12.3. The number of benzene rings is 1. The summed E-state index contributed by atoms with van der Waals surface area (Å²) in [5.41, 5.74) is 0. The van der Waals surface area contributed by atoms with Gasteiger partial charge in [-0.3, -0.25) is 14.9 Å². The number of amides is 2. The van der Waals surface area contributed by atoms with E-state index in [1.807, 2.05) is 0 Å². The van der Waals surface area contributed by atoms with Crippen LogP contribution in [0, 0.1) is 5.82 Å². The molecule has 0 aliphatic carbocycles. The molecule has 0 aromatic heterocycles. The van der Waals surface area contributed by atoms with Crippen LogP contribution in [0.25, 0.3) is 0 Å². The molecule has 1 atom stereocenters. The fourth-order valence-corrected chi connectivity index (χ4v) is 2.22. The second-order valence-electron chi connectivity index (χ2n) is 3.68. The van der Waals surface area contributed by atoms with Crippen molar-refractivity contribution in [2.75, 3.05) is 0 Å². The van der Waals surface area contributed by atoms with Crippen LogP contribution in [0.1, 0.15) is 12.8 Å². The van der Waals surface area contributed by atoms with E-state index < -0.39 is 0 Å². The largest absolute Gasteiger partial charge is 0.295 e. The Labute approximate surface area is 102 Å². The summed E-state index contributed by atoms with van der Waals surface area (Å²) in [5, 5.41) is 2.26. The molecular formula is C11H11FN2O2S. The maximum Gasteiger partial charge on any atom is 0.244 e. The van der Waals surface area contributed by atoms with Gasteiger partial charge in [0.25, 0.3) is 0 Å². The van der Waals surface area contributed by atoms with E-state index in [0.29, 0.717) is 12.8 Å². The maximum absolute atomic E-state index is 12.7. The van der Waals surface area contributed by atoms with Crippen LogP contribution in [0.4, 0.5) is 4.39 Å². The molecule has 1 heterocycles. The summed E-state index contributed by atoms with van der Waals surface area (Å²) < 4.78 is 15.6. The van der Waals surface area contributed by atoms with Crippen LogP contribution < -0.4 is 10.0 Å². The Morgan fingerprint density at radius 3 is 2.65 bits per heavy atom. The van der Waals surface area contributed by atoms with Gasteiger partial charge in [-0.25, -0.2) is 9.11 Å². The number of halogens is 1. The molecule has 1 saturated heterocycles. The van der Waals surface area contributed by atoms with Crippen LogP contribution in [-0.2, 0) is 9.59 Å². The van der Waals surface area contributed by atoms with Gasteiger partial charge in [-0.1, -0.05) is 0 Å². The molecule has 17 heavy (non-hydrogen) atoms. The van der Waals surface area contributed by atoms with Crippen molar-refractivity contribution in [3.63, 3.8) is 0 Å². The average Bonchev–Trinajstić information content (AvgIpc) is 2.30. The molecule has 1 aliphatic rings. The third-order valence-corrected chi connectivity index (χ3v) is 3.28. The number of nitrogens with one attached hydrogen (secondary N) is 2. The topological polar surface area (TPSA) is 58.2 Å². The van der Waals surface area contributed by atoms with Crippen LogP contribution in [0.2, 0.25) is 0 Å². The van der Waals surface area contributed by atoms with Crippen molar-refractivity contribution >= 4 is 23.8 Å². The van der Waals surface area contributed by atoms with Crippen LogP contribution in [0.3, 0.4) is 0 Å². The number of rotatable bonds is 3. The second-order valence-corrected chi connectivity index (χ2v) is 4.59. The highest BCUT2D eigenvalue weighted by atomic mass is 32.2. The number of carbonyl (C=O) groups excluding carboxylic acids is 2. The van der Waals surface area contributed by atoms with Gasteiger partial charge in [-0.05, 0) is 42.6 Å². The smallest absolute Gasteiger partial charge is 0.244 e. The standard InChI is InChI=1S/C11H11FN2O2S/c12-7-1-3-8(4-2-7)17-14-9-5-6-10(15)13-11(9)16/h1-4,9,14H,5-6H2,(H,13,15,16). The Kier molecular flexibility index (Phi) is 3.75. The first kappa shape index (κ1) is 12.1. The highest BCUT2D eigenvalue weighted by Crippen LogP contribution is 2.17. The van der Waals surface area contributed by atoms with Crippen LogP contribution in [0.15, 0.2) is 29.2 Å². The van der Waals surface area contributed by atoms with Gasteiger partial charge >= 0.3 is 0 Å². The lowest BCUT2D eigenvalue weighted by Gasteiger charge is -2.21. The van der Waals surface area contributed by atoms with Gasteiger partial charge in [0.2, 0.25) is 11.8 Å². The molecule has 1 aromatic rings. The fraction of sp³-hybridized carbons (Fsp3) is 0.273. The molecule has 1 aliphatic heterocycles. The van der Waals surface area contributed by atoms with Gasteiger partial charge in [0.15, 0.2) is 0 Å². The van der Waals surface area contributed by atoms with Gasteiger partial charge in [0.05, 0.1) is 6.04 Å². The first-order chi connectivity index (χ1) is 8.15. The minimum absolute atomic E-state index is 0.236. The predicted octanol–water partition coefficient (Wildman–Crippen LogP) is 1.23. The quantitative estimate of drug-likeness (QED) is 0.629. The summed E-state index contributed by atoms with van der Waals surface area (Å²) in [6, 6.07) is 5.57. The first-order valence-electron chi connectivity index (χ1n) is 5.17. The summed E-state index contributed by atoms with van der Waals surface area (Å²) in [4.78, 5) is 23.2. The number of piperidine rings is 1. The van der Waals surface area contributed by atoms with E-state index >= 15 is 0 Å². The molecular weight excluding hydrogens is 243 g/mol. The fourth-order valence-electron chi connectivity index (χ4n) is 1.45. The van der Waals surface area contributed by atoms with E-state index in [-0.39, 0.29) is 23.7 Å². The third kappa shape index (κ3) is 3.28. The van der Waals surface area contributed by atoms with Crippen molar-refractivity contribution in [3.05, 3.63) is 30.1 Å². The lowest BCUT2D eigenvalue weighted by molar-refractivity contribution is -0.134. The maximum atomic E-state index is 12.7. The molecule has 0 radical (unpaired) electrons. The van der Waals surface area contributed by atoms with E-state index in [1.165, 1.54) is 24.1 Å². The normalized spacial score (nSPS) is 20.2. The highest BCUT2D eigenvalue weighted by molar-refractivity contribution is 7.97. The summed E-state index contributed by atoms with van der Waals surface area (Å²) in [5.74, 6) is -0.842. The molecule has 1 fully saturated rings. The van der Waals surface area contributed by atoms with E-state index in [9.17, 15) is 14.0 Å². The van der Waals surface area contributed by atoms with E-state index in [4.69, 9.17) is 0 Å². The summed E-state index contributed by atoms with van der Waals surface area (Å²) in [6.07, 6.45) is 0.826. The van der Waals surface area contributed by atoms with Crippen molar-refractivity contribution < 1.29 is 14.0 Å². The zero-order valence-electron chi connectivity index (χ0n) is 8.90. The Hall–Kier alpha value is -1.40. The van der Waals surface area contributed by atoms with Crippen molar-refractivity contribution in [2.24, 2.45) is 0 Å². The Balaban J connectivity index is 1.88. The molecule has 2 N–H and O–H groups in total. The van der Waals surface area contributed by atoms with Crippen LogP contribution in [0.5, 0.6) is 0 Å². The number of imide groups is 1. The van der Waals surface area contributed by atoms with Gasteiger partial charge in [-0.2, -0.15) is 0 Å². The monoisotopic (exact) mass is 254 g/mol. The molecule has 1 unspecified atom stereocenters. The zero-order valence-corrected chi connectivity index (χ0v) is 9.72. The van der Waals surface area contributed by atoms with Crippen LogP contribution in [-0.4, -0.2) is 17.9 Å². The number of hydrogen-bond donors (Lipinski definition) is 2. The molecule has 2 rings (SSSR count). The summed E-state index contributed by atoms with van der Waals surface area (Å²) >= 11 is 1.25. The van der Waals surface area contributed by atoms with Gasteiger partial charge in [-0.15, -0.1) is 0 Å². The number of hydrogen-bond acceptors (Lipinski definition) is 4. The molecule has 6 heteroatoms. The molecule has 2 amide bonds. The minimum atomic E-state index is -0.386. The van der Waals surface area contributed by atoms with Gasteiger partial charge in [0, 0.05) is 11.3 Å². The van der Waals surface area contributed by atoms with Crippen molar-refractivity contribution in [1.29, 1.82) is 0 Å². The minimum Gasteiger partial charge on any atom is -0.295 e.